The largest absolute Gasteiger partial charge is 0.378 e. The maximum absolute atomic E-state index is 12.9. The molecule has 3 aliphatic heterocycles. The Bertz CT molecular complexity index is 524. The topological polar surface area (TPSA) is 53.1 Å². The molecule has 25 heavy (non-hydrogen) atoms. The zero-order chi connectivity index (χ0) is 18.0. The first-order valence-electron chi connectivity index (χ1n) is 9.96. The Labute approximate surface area is 153 Å². The fourth-order valence-electron chi connectivity index (χ4n) is 4.59. The van der Waals surface area contributed by atoms with Gasteiger partial charge in [0.25, 0.3) is 0 Å². The average molecular weight is 374 g/mol. The van der Waals surface area contributed by atoms with Gasteiger partial charge in [0.05, 0.1) is 11.4 Å². The zero-order valence-electron chi connectivity index (χ0n) is 16.1. The van der Waals surface area contributed by atoms with E-state index in [0.29, 0.717) is 44.6 Å². The summed E-state index contributed by atoms with van der Waals surface area (Å²) in [5.41, 5.74) is 0. The quantitative estimate of drug-likeness (QED) is 0.729. The Morgan fingerprint density at radius 2 is 1.56 bits per heavy atom. The molecule has 3 rings (SSSR count). The fraction of sp³-hybridized carbons (Fsp3) is 1.00. The van der Waals surface area contributed by atoms with E-state index in [-0.39, 0.29) is 11.4 Å². The Hall–Kier alpha value is -0.210. The van der Waals surface area contributed by atoms with Crippen LogP contribution < -0.4 is 0 Å². The molecule has 3 saturated heterocycles. The van der Waals surface area contributed by atoms with Crippen molar-refractivity contribution < 1.29 is 13.2 Å². The van der Waals surface area contributed by atoms with Crippen molar-refractivity contribution in [1.29, 1.82) is 0 Å². The van der Waals surface area contributed by atoms with Gasteiger partial charge in [-0.1, -0.05) is 0 Å². The predicted molar refractivity (Wildman–Crippen MR) is 100 cm³/mol. The molecule has 0 saturated carbocycles. The molecule has 4 unspecified atom stereocenters. The van der Waals surface area contributed by atoms with E-state index in [2.05, 4.69) is 23.6 Å². The summed E-state index contributed by atoms with van der Waals surface area (Å²) in [7, 11) is -3.17. The monoisotopic (exact) mass is 373 g/mol. The van der Waals surface area contributed by atoms with Crippen LogP contribution in [0.15, 0.2) is 0 Å². The molecule has 3 heterocycles. The van der Waals surface area contributed by atoms with Gasteiger partial charge in [-0.2, -0.15) is 4.31 Å². The van der Waals surface area contributed by atoms with Crippen molar-refractivity contribution in [2.75, 3.05) is 45.9 Å². The highest BCUT2D eigenvalue weighted by Gasteiger charge is 2.37. The first kappa shape index (κ1) is 19.5. The minimum absolute atomic E-state index is 0.0549. The molecule has 6 nitrogen and oxygen atoms in total. The molecule has 146 valence electrons. The van der Waals surface area contributed by atoms with Gasteiger partial charge >= 0.3 is 0 Å². The third kappa shape index (κ3) is 4.56. The van der Waals surface area contributed by atoms with Crippen molar-refractivity contribution >= 4 is 10.0 Å². The summed E-state index contributed by atoms with van der Waals surface area (Å²) < 4.78 is 33.0. The summed E-state index contributed by atoms with van der Waals surface area (Å²) in [6.45, 7) is 12.3. The lowest BCUT2D eigenvalue weighted by atomic mass is 10.1. The second-order valence-electron chi connectivity index (χ2n) is 8.13. The number of piperazine rings is 1. The van der Waals surface area contributed by atoms with Gasteiger partial charge < -0.3 is 4.74 Å². The van der Waals surface area contributed by atoms with Crippen LogP contribution in [0.4, 0.5) is 0 Å². The van der Waals surface area contributed by atoms with Gasteiger partial charge in [0.2, 0.25) is 10.0 Å². The number of ether oxygens (including phenoxy) is 1. The molecule has 0 aliphatic carbocycles. The maximum Gasteiger partial charge on any atom is 0.217 e. The number of hydrogen-bond donors (Lipinski definition) is 0. The van der Waals surface area contributed by atoms with E-state index in [1.807, 2.05) is 6.92 Å². The normalized spacial score (nSPS) is 36.8. The van der Waals surface area contributed by atoms with Crippen LogP contribution in [0.3, 0.4) is 0 Å². The van der Waals surface area contributed by atoms with Gasteiger partial charge in [-0.05, 0) is 46.5 Å². The molecule has 0 aromatic heterocycles. The Morgan fingerprint density at radius 3 is 2.16 bits per heavy atom. The van der Waals surface area contributed by atoms with E-state index in [4.69, 9.17) is 4.74 Å². The van der Waals surface area contributed by atoms with Gasteiger partial charge in [-0.3, -0.25) is 9.80 Å². The van der Waals surface area contributed by atoms with Crippen LogP contribution in [0.25, 0.3) is 0 Å². The van der Waals surface area contributed by atoms with Gasteiger partial charge in [0.1, 0.15) is 0 Å². The minimum atomic E-state index is -3.17. The van der Waals surface area contributed by atoms with Crippen LogP contribution in [0, 0.1) is 0 Å². The molecule has 3 fully saturated rings. The molecule has 0 bridgehead atoms. The van der Waals surface area contributed by atoms with Gasteiger partial charge in [-0.25, -0.2) is 8.42 Å². The maximum atomic E-state index is 12.9. The minimum Gasteiger partial charge on any atom is -0.378 e. The van der Waals surface area contributed by atoms with Gasteiger partial charge in [-0.15, -0.1) is 0 Å². The number of sulfonamides is 1. The van der Waals surface area contributed by atoms with Crippen molar-refractivity contribution in [3.05, 3.63) is 0 Å². The predicted octanol–water partition coefficient (Wildman–Crippen LogP) is 1.37. The third-order valence-corrected chi connectivity index (χ3v) is 8.71. The second kappa shape index (κ2) is 8.21. The molecule has 0 aromatic rings. The lowest BCUT2D eigenvalue weighted by Crippen LogP contribution is -2.53. The molecule has 0 N–H and O–H groups in total. The summed E-state index contributed by atoms with van der Waals surface area (Å²) in [4.78, 5) is 5.03. The molecule has 0 aromatic carbocycles. The molecule has 3 aliphatic rings. The number of rotatable bonds is 5. The molecule has 0 spiro atoms. The van der Waals surface area contributed by atoms with Crippen molar-refractivity contribution in [2.45, 2.75) is 69.9 Å². The average Bonchev–Trinajstić information content (AvgIpc) is 2.91. The van der Waals surface area contributed by atoms with Crippen molar-refractivity contribution in [2.24, 2.45) is 0 Å². The van der Waals surface area contributed by atoms with E-state index in [1.54, 1.807) is 4.31 Å². The summed E-state index contributed by atoms with van der Waals surface area (Å²) in [5, 5.41) is -0.255. The van der Waals surface area contributed by atoms with Crippen LogP contribution >= 0.6 is 0 Å². The summed E-state index contributed by atoms with van der Waals surface area (Å²) in [6, 6.07) is 1.37. The first-order valence-corrected chi connectivity index (χ1v) is 11.5. The van der Waals surface area contributed by atoms with Crippen molar-refractivity contribution in [3.8, 4) is 0 Å². The molecule has 7 heteroatoms. The summed E-state index contributed by atoms with van der Waals surface area (Å²) in [5.74, 6) is 0. The first-order chi connectivity index (χ1) is 11.9. The Balaban J connectivity index is 1.46. The van der Waals surface area contributed by atoms with Crippen molar-refractivity contribution in [3.63, 3.8) is 0 Å². The lowest BCUT2D eigenvalue weighted by molar-refractivity contribution is 0.0290. The highest BCUT2D eigenvalue weighted by molar-refractivity contribution is 7.89. The highest BCUT2D eigenvalue weighted by atomic mass is 32.2. The van der Waals surface area contributed by atoms with E-state index in [0.717, 1.165) is 26.2 Å². The number of nitrogens with zero attached hydrogens (tertiary/aromatic N) is 3. The van der Waals surface area contributed by atoms with Crippen LogP contribution in [0.2, 0.25) is 0 Å². The van der Waals surface area contributed by atoms with Gasteiger partial charge in [0.15, 0.2) is 0 Å². The van der Waals surface area contributed by atoms with E-state index >= 15 is 0 Å². The molecular weight excluding hydrogens is 338 g/mol. The number of likely N-dealkylation sites (tertiary alicyclic amines) is 1. The lowest BCUT2D eigenvalue weighted by Gasteiger charge is -2.38. The van der Waals surface area contributed by atoms with Crippen LogP contribution in [0.5, 0.6) is 0 Å². The standard InChI is InChI=1S/C18H35N3O3S/c1-15-4-5-16(2)21(15)12-9-19-7-10-20(11-8-19)25(22,23)18-6-13-24-17(3)14-18/h15-18H,4-14H2,1-3H3. The Kier molecular flexibility index (Phi) is 6.42. The SMILES string of the molecule is CC1CC(S(=O)(=O)N2CCN(CCN3C(C)CCC3C)CC2)CCO1. The second-order valence-corrected chi connectivity index (χ2v) is 10.3. The van der Waals surface area contributed by atoms with Crippen LogP contribution in [-0.2, 0) is 14.8 Å². The zero-order valence-corrected chi connectivity index (χ0v) is 16.9. The van der Waals surface area contributed by atoms with Crippen LogP contribution in [0.1, 0.15) is 46.5 Å². The van der Waals surface area contributed by atoms with Crippen LogP contribution in [-0.4, -0.2) is 91.8 Å². The summed E-state index contributed by atoms with van der Waals surface area (Å²) in [6.07, 6.45) is 3.93. The fourth-order valence-corrected chi connectivity index (χ4v) is 6.59. The molecule has 4 atom stereocenters. The summed E-state index contributed by atoms with van der Waals surface area (Å²) >= 11 is 0. The smallest absolute Gasteiger partial charge is 0.217 e. The van der Waals surface area contributed by atoms with E-state index in [9.17, 15) is 8.42 Å². The van der Waals surface area contributed by atoms with Gasteiger partial charge in [0, 0.05) is 58.0 Å². The molecular formula is C18H35N3O3S. The third-order valence-electron chi connectivity index (χ3n) is 6.36. The van der Waals surface area contributed by atoms with E-state index < -0.39 is 10.0 Å². The highest BCUT2D eigenvalue weighted by Crippen LogP contribution is 2.25. The van der Waals surface area contributed by atoms with E-state index in [1.165, 1.54) is 12.8 Å². The molecule has 0 amide bonds. The molecule has 0 radical (unpaired) electrons. The Morgan fingerprint density at radius 1 is 0.920 bits per heavy atom. The van der Waals surface area contributed by atoms with Crippen molar-refractivity contribution in [1.82, 2.24) is 14.1 Å². The number of hydrogen-bond acceptors (Lipinski definition) is 5.